The quantitative estimate of drug-likeness (QED) is 0.620. The fourth-order valence-electron chi connectivity index (χ4n) is 3.98. The average Bonchev–Trinajstić information content (AvgIpc) is 3.22. The standard InChI is InChI=1S/C23H25N3O3/c1-15(2)29-22(28)14-26-20-11-7-5-9-18(20)24-23(26)17-12-21(27)25(13-17)19-10-6-4-8-16(19)3/h4-11,15,17H,12-14H2,1-3H3/t17-/m0/s1. The average molecular weight is 391 g/mol. The summed E-state index contributed by atoms with van der Waals surface area (Å²) in [7, 11) is 0. The Bertz CT molecular complexity index is 1070. The van der Waals surface area contributed by atoms with Gasteiger partial charge < -0.3 is 14.2 Å². The third-order valence-corrected chi connectivity index (χ3v) is 5.23. The summed E-state index contributed by atoms with van der Waals surface area (Å²) in [6, 6.07) is 15.6. The lowest BCUT2D eigenvalue weighted by Crippen LogP contribution is -2.25. The molecule has 1 fully saturated rings. The molecular formula is C23H25N3O3. The number of rotatable bonds is 5. The Hall–Kier alpha value is -3.15. The molecule has 4 rings (SSSR count). The molecule has 1 atom stereocenters. The number of anilines is 1. The zero-order valence-electron chi connectivity index (χ0n) is 17.0. The van der Waals surface area contributed by atoms with Crippen molar-refractivity contribution in [3.05, 3.63) is 59.9 Å². The number of carbonyl (C=O) groups is 2. The number of nitrogens with zero attached hydrogens (tertiary/aromatic N) is 3. The van der Waals surface area contributed by atoms with E-state index in [0.29, 0.717) is 13.0 Å². The SMILES string of the molecule is Cc1ccccc1N1C[C@@H](c2nc3ccccc3n2CC(=O)OC(C)C)CC1=O. The van der Waals surface area contributed by atoms with E-state index < -0.39 is 0 Å². The number of ether oxygens (including phenoxy) is 1. The van der Waals surface area contributed by atoms with Crippen LogP contribution in [0.25, 0.3) is 11.0 Å². The van der Waals surface area contributed by atoms with Gasteiger partial charge in [-0.2, -0.15) is 0 Å². The molecule has 1 aliphatic heterocycles. The number of imidazole rings is 1. The van der Waals surface area contributed by atoms with Gasteiger partial charge in [0.15, 0.2) is 0 Å². The van der Waals surface area contributed by atoms with Crippen molar-refractivity contribution < 1.29 is 14.3 Å². The molecule has 0 spiro atoms. The number of para-hydroxylation sites is 3. The molecule has 6 heteroatoms. The molecule has 1 aliphatic rings. The van der Waals surface area contributed by atoms with Gasteiger partial charge in [-0.15, -0.1) is 0 Å². The summed E-state index contributed by atoms with van der Waals surface area (Å²) >= 11 is 0. The van der Waals surface area contributed by atoms with Gasteiger partial charge in [-0.25, -0.2) is 4.98 Å². The van der Waals surface area contributed by atoms with Crippen molar-refractivity contribution in [2.45, 2.75) is 45.8 Å². The number of amides is 1. The van der Waals surface area contributed by atoms with Crippen molar-refractivity contribution in [3.8, 4) is 0 Å². The molecule has 0 aliphatic carbocycles. The molecule has 0 saturated carbocycles. The lowest BCUT2D eigenvalue weighted by atomic mass is 10.1. The van der Waals surface area contributed by atoms with E-state index in [1.807, 2.05) is 78.8 Å². The van der Waals surface area contributed by atoms with Crippen molar-refractivity contribution in [1.82, 2.24) is 9.55 Å². The van der Waals surface area contributed by atoms with Crippen LogP contribution in [0.3, 0.4) is 0 Å². The maximum absolute atomic E-state index is 12.8. The van der Waals surface area contributed by atoms with Crippen LogP contribution in [0, 0.1) is 6.92 Å². The number of aromatic nitrogens is 2. The predicted molar refractivity (Wildman–Crippen MR) is 112 cm³/mol. The fraction of sp³-hybridized carbons (Fsp3) is 0.348. The van der Waals surface area contributed by atoms with E-state index in [0.717, 1.165) is 28.1 Å². The number of esters is 1. The molecule has 0 radical (unpaired) electrons. The second-order valence-corrected chi connectivity index (χ2v) is 7.78. The minimum Gasteiger partial charge on any atom is -0.462 e. The predicted octanol–water partition coefficient (Wildman–Crippen LogP) is 3.82. The smallest absolute Gasteiger partial charge is 0.326 e. The van der Waals surface area contributed by atoms with Crippen LogP contribution in [0.5, 0.6) is 0 Å². The lowest BCUT2D eigenvalue weighted by Gasteiger charge is -2.19. The lowest BCUT2D eigenvalue weighted by molar-refractivity contribution is -0.148. The minimum atomic E-state index is -0.301. The molecule has 1 amide bonds. The minimum absolute atomic E-state index is 0.0765. The Balaban J connectivity index is 1.69. The molecule has 29 heavy (non-hydrogen) atoms. The molecule has 1 saturated heterocycles. The monoisotopic (exact) mass is 391 g/mol. The number of fused-ring (bicyclic) bond motifs is 1. The second-order valence-electron chi connectivity index (χ2n) is 7.78. The normalized spacial score (nSPS) is 16.8. The third kappa shape index (κ3) is 3.75. The first-order chi connectivity index (χ1) is 13.9. The fourth-order valence-corrected chi connectivity index (χ4v) is 3.98. The van der Waals surface area contributed by atoms with E-state index in [9.17, 15) is 9.59 Å². The molecule has 1 aromatic heterocycles. The van der Waals surface area contributed by atoms with Crippen LogP contribution < -0.4 is 4.90 Å². The molecule has 3 aromatic rings. The van der Waals surface area contributed by atoms with Crippen LogP contribution in [0.4, 0.5) is 5.69 Å². The van der Waals surface area contributed by atoms with Gasteiger partial charge in [0.25, 0.3) is 0 Å². The van der Waals surface area contributed by atoms with E-state index >= 15 is 0 Å². The van der Waals surface area contributed by atoms with Gasteiger partial charge in [0, 0.05) is 24.6 Å². The topological polar surface area (TPSA) is 64.4 Å². The highest BCUT2D eigenvalue weighted by molar-refractivity contribution is 5.97. The molecule has 0 bridgehead atoms. The van der Waals surface area contributed by atoms with Crippen LogP contribution in [-0.4, -0.2) is 34.1 Å². The van der Waals surface area contributed by atoms with Gasteiger partial charge >= 0.3 is 5.97 Å². The highest BCUT2D eigenvalue weighted by atomic mass is 16.5. The third-order valence-electron chi connectivity index (χ3n) is 5.23. The molecule has 0 unspecified atom stereocenters. The van der Waals surface area contributed by atoms with Gasteiger partial charge in [0.2, 0.25) is 5.91 Å². The van der Waals surface area contributed by atoms with Gasteiger partial charge in [-0.3, -0.25) is 9.59 Å². The number of benzene rings is 2. The van der Waals surface area contributed by atoms with Crippen LogP contribution in [0.2, 0.25) is 0 Å². The second kappa shape index (κ2) is 7.70. The maximum Gasteiger partial charge on any atom is 0.326 e. The molecule has 150 valence electrons. The first-order valence-electron chi connectivity index (χ1n) is 9.94. The molecular weight excluding hydrogens is 366 g/mol. The zero-order valence-corrected chi connectivity index (χ0v) is 17.0. The van der Waals surface area contributed by atoms with Crippen molar-refractivity contribution >= 4 is 28.6 Å². The molecule has 2 aromatic carbocycles. The summed E-state index contributed by atoms with van der Waals surface area (Å²) in [6.45, 7) is 6.31. The maximum atomic E-state index is 12.8. The van der Waals surface area contributed by atoms with Gasteiger partial charge in [-0.05, 0) is 44.5 Å². The zero-order chi connectivity index (χ0) is 20.5. The van der Waals surface area contributed by atoms with Crippen molar-refractivity contribution in [2.75, 3.05) is 11.4 Å². The Labute approximate surface area is 170 Å². The molecule has 2 heterocycles. The Morgan fingerprint density at radius 2 is 1.90 bits per heavy atom. The van der Waals surface area contributed by atoms with Crippen LogP contribution >= 0.6 is 0 Å². The van der Waals surface area contributed by atoms with Gasteiger partial charge in [0.1, 0.15) is 12.4 Å². The molecule has 6 nitrogen and oxygen atoms in total. The van der Waals surface area contributed by atoms with Crippen molar-refractivity contribution in [3.63, 3.8) is 0 Å². The Kier molecular flexibility index (Phi) is 5.09. The van der Waals surface area contributed by atoms with E-state index in [1.165, 1.54) is 0 Å². The van der Waals surface area contributed by atoms with E-state index in [1.54, 1.807) is 0 Å². The largest absolute Gasteiger partial charge is 0.462 e. The van der Waals surface area contributed by atoms with Crippen LogP contribution in [0.1, 0.15) is 37.6 Å². The van der Waals surface area contributed by atoms with Crippen LogP contribution in [0.15, 0.2) is 48.5 Å². The first-order valence-corrected chi connectivity index (χ1v) is 9.94. The Morgan fingerprint density at radius 1 is 1.17 bits per heavy atom. The summed E-state index contributed by atoms with van der Waals surface area (Å²) in [6.07, 6.45) is 0.196. The highest BCUT2D eigenvalue weighted by Gasteiger charge is 2.35. The highest BCUT2D eigenvalue weighted by Crippen LogP contribution is 2.34. The molecule has 0 N–H and O–H groups in total. The van der Waals surface area contributed by atoms with Crippen molar-refractivity contribution in [2.24, 2.45) is 0 Å². The van der Waals surface area contributed by atoms with E-state index in [2.05, 4.69) is 0 Å². The van der Waals surface area contributed by atoms with Crippen molar-refractivity contribution in [1.29, 1.82) is 0 Å². The van der Waals surface area contributed by atoms with Gasteiger partial charge in [-0.1, -0.05) is 30.3 Å². The van der Waals surface area contributed by atoms with Crippen LogP contribution in [-0.2, 0) is 20.9 Å². The summed E-state index contributed by atoms with van der Waals surface area (Å²) in [4.78, 5) is 31.8. The number of aryl methyl sites for hydroxylation is 1. The number of carbonyl (C=O) groups excluding carboxylic acids is 2. The Morgan fingerprint density at radius 3 is 2.66 bits per heavy atom. The van der Waals surface area contributed by atoms with Gasteiger partial charge in [0.05, 0.1) is 17.1 Å². The summed E-state index contributed by atoms with van der Waals surface area (Å²) in [5.74, 6) is 0.454. The van der Waals surface area contributed by atoms with E-state index in [4.69, 9.17) is 9.72 Å². The summed E-state index contributed by atoms with van der Waals surface area (Å²) < 4.78 is 7.25. The number of hydrogen-bond acceptors (Lipinski definition) is 4. The van der Waals surface area contributed by atoms with E-state index in [-0.39, 0.29) is 30.4 Å². The summed E-state index contributed by atoms with van der Waals surface area (Å²) in [5, 5.41) is 0. The first kappa shape index (κ1) is 19.2. The summed E-state index contributed by atoms with van der Waals surface area (Å²) in [5.41, 5.74) is 3.70. The number of hydrogen-bond donors (Lipinski definition) is 0.